The zero-order valence-electron chi connectivity index (χ0n) is 17.5. The van der Waals surface area contributed by atoms with Crippen LogP contribution in [0.1, 0.15) is 15.9 Å². The van der Waals surface area contributed by atoms with Crippen LogP contribution in [0.3, 0.4) is 0 Å². The zero-order chi connectivity index (χ0) is 22.2. The van der Waals surface area contributed by atoms with E-state index in [1.165, 1.54) is 0 Å². The molecule has 0 bridgehead atoms. The first-order chi connectivity index (χ1) is 14.9. The maximum absolute atomic E-state index is 12.9. The molecular weight excluding hydrogens is 456 g/mol. The lowest BCUT2D eigenvalue weighted by molar-refractivity contribution is 0.0954. The molecule has 0 heterocycles. The largest absolute Gasteiger partial charge is 0.377 e. The lowest BCUT2D eigenvalue weighted by Crippen LogP contribution is -2.28. The number of urea groups is 1. The quantitative estimate of drug-likeness (QED) is 0.438. The van der Waals surface area contributed by atoms with Gasteiger partial charge in [0.05, 0.1) is 11.3 Å². The number of nitrogens with zero attached hydrogens (tertiary/aromatic N) is 1. The third-order valence-electron chi connectivity index (χ3n) is 4.64. The van der Waals surface area contributed by atoms with Crippen molar-refractivity contribution in [1.82, 2.24) is 5.32 Å². The molecule has 0 saturated heterocycles. The van der Waals surface area contributed by atoms with Crippen molar-refractivity contribution in [2.45, 2.75) is 6.42 Å². The van der Waals surface area contributed by atoms with Gasteiger partial charge in [-0.25, -0.2) is 4.79 Å². The van der Waals surface area contributed by atoms with E-state index in [-0.39, 0.29) is 11.9 Å². The Morgan fingerprint density at radius 1 is 0.903 bits per heavy atom. The van der Waals surface area contributed by atoms with Crippen molar-refractivity contribution < 1.29 is 9.59 Å². The summed E-state index contributed by atoms with van der Waals surface area (Å²) in [5.74, 6) is -0.186. The third kappa shape index (κ3) is 6.33. The van der Waals surface area contributed by atoms with Crippen molar-refractivity contribution in [1.29, 1.82) is 0 Å². The van der Waals surface area contributed by atoms with Gasteiger partial charge in [0.25, 0.3) is 5.91 Å². The number of amides is 3. The fourth-order valence-electron chi connectivity index (χ4n) is 3.09. The Balaban J connectivity index is 1.68. The summed E-state index contributed by atoms with van der Waals surface area (Å²) in [5.41, 5.74) is 3.62. The van der Waals surface area contributed by atoms with Crippen LogP contribution < -0.4 is 20.9 Å². The van der Waals surface area contributed by atoms with Gasteiger partial charge in [0.2, 0.25) is 0 Å². The number of anilines is 3. The molecule has 6 nitrogen and oxygen atoms in total. The number of halogens is 1. The summed E-state index contributed by atoms with van der Waals surface area (Å²) in [5, 5.41) is 8.55. The molecule has 0 unspecified atom stereocenters. The minimum atomic E-state index is -0.389. The number of hydrogen-bond donors (Lipinski definition) is 3. The van der Waals surface area contributed by atoms with Crippen LogP contribution in [0.5, 0.6) is 0 Å². The topological polar surface area (TPSA) is 73.5 Å². The molecule has 7 heteroatoms. The Morgan fingerprint density at radius 3 is 2.32 bits per heavy atom. The highest BCUT2D eigenvalue weighted by molar-refractivity contribution is 9.10. The Kier molecular flexibility index (Phi) is 7.67. The molecule has 0 aromatic heterocycles. The van der Waals surface area contributed by atoms with E-state index >= 15 is 0 Å². The van der Waals surface area contributed by atoms with Crippen molar-refractivity contribution in [3.05, 3.63) is 88.4 Å². The van der Waals surface area contributed by atoms with Gasteiger partial charge in [-0.15, -0.1) is 0 Å². The third-order valence-corrected chi connectivity index (χ3v) is 5.34. The second kappa shape index (κ2) is 10.6. The number of hydrogen-bond acceptors (Lipinski definition) is 3. The van der Waals surface area contributed by atoms with Crippen molar-refractivity contribution in [2.24, 2.45) is 0 Å². The SMILES string of the molecule is CN(C)c1ccc(NC(=O)Nc2ccccc2Br)cc1C(=O)NCCc1ccccc1. The van der Waals surface area contributed by atoms with Crippen LogP contribution in [0.25, 0.3) is 0 Å². The van der Waals surface area contributed by atoms with Gasteiger partial charge in [0.1, 0.15) is 0 Å². The van der Waals surface area contributed by atoms with E-state index in [9.17, 15) is 9.59 Å². The molecule has 0 fully saturated rings. The van der Waals surface area contributed by atoms with E-state index < -0.39 is 0 Å². The van der Waals surface area contributed by atoms with Gasteiger partial charge < -0.3 is 20.9 Å². The smallest absolute Gasteiger partial charge is 0.323 e. The molecule has 0 aliphatic heterocycles. The van der Waals surface area contributed by atoms with E-state index in [1.54, 1.807) is 18.2 Å². The highest BCUT2D eigenvalue weighted by atomic mass is 79.9. The average molecular weight is 481 g/mol. The van der Waals surface area contributed by atoms with Gasteiger partial charge >= 0.3 is 6.03 Å². The van der Waals surface area contributed by atoms with Crippen LogP contribution in [-0.4, -0.2) is 32.6 Å². The molecule has 0 atom stereocenters. The van der Waals surface area contributed by atoms with Gasteiger partial charge in [-0.1, -0.05) is 42.5 Å². The first-order valence-electron chi connectivity index (χ1n) is 9.90. The Morgan fingerprint density at radius 2 is 1.61 bits per heavy atom. The molecule has 160 valence electrons. The normalized spacial score (nSPS) is 10.3. The number of carbonyl (C=O) groups is 2. The number of nitrogens with one attached hydrogen (secondary N) is 3. The van der Waals surface area contributed by atoms with Gasteiger partial charge in [-0.3, -0.25) is 4.79 Å². The zero-order valence-corrected chi connectivity index (χ0v) is 19.1. The summed E-state index contributed by atoms with van der Waals surface area (Å²) in [7, 11) is 3.76. The van der Waals surface area contributed by atoms with Crippen LogP contribution in [0.15, 0.2) is 77.3 Å². The molecule has 0 spiro atoms. The van der Waals surface area contributed by atoms with Crippen molar-refractivity contribution in [2.75, 3.05) is 36.2 Å². The second-order valence-corrected chi connectivity index (χ2v) is 8.03. The van der Waals surface area contributed by atoms with Gasteiger partial charge in [0.15, 0.2) is 0 Å². The van der Waals surface area contributed by atoms with Gasteiger partial charge in [0, 0.05) is 36.5 Å². The molecule has 0 aliphatic rings. The highest BCUT2D eigenvalue weighted by Gasteiger charge is 2.15. The van der Waals surface area contributed by atoms with Crippen molar-refractivity contribution in [3.8, 4) is 0 Å². The van der Waals surface area contributed by atoms with E-state index in [2.05, 4.69) is 31.9 Å². The Labute approximate surface area is 190 Å². The number of para-hydroxylation sites is 1. The van der Waals surface area contributed by atoms with Crippen LogP contribution >= 0.6 is 15.9 Å². The van der Waals surface area contributed by atoms with Crippen LogP contribution in [0.2, 0.25) is 0 Å². The monoisotopic (exact) mass is 480 g/mol. The molecule has 3 rings (SSSR count). The molecule has 31 heavy (non-hydrogen) atoms. The number of rotatable bonds is 7. The van der Waals surface area contributed by atoms with E-state index in [4.69, 9.17) is 0 Å². The van der Waals surface area contributed by atoms with Crippen molar-refractivity contribution >= 4 is 44.9 Å². The standard InChI is InChI=1S/C24H25BrN4O2/c1-29(2)22-13-12-18(27-24(31)28-21-11-7-6-10-20(21)25)16-19(22)23(30)26-15-14-17-8-4-3-5-9-17/h3-13,16H,14-15H2,1-2H3,(H,26,30)(H2,27,28,31). The molecule has 3 N–H and O–H groups in total. The average Bonchev–Trinajstić information content (AvgIpc) is 2.76. The molecule has 3 amide bonds. The van der Waals surface area contributed by atoms with E-state index in [1.807, 2.05) is 73.6 Å². The highest BCUT2D eigenvalue weighted by Crippen LogP contribution is 2.24. The minimum Gasteiger partial charge on any atom is -0.377 e. The van der Waals surface area contributed by atoms with Crippen LogP contribution in [0.4, 0.5) is 21.9 Å². The maximum atomic E-state index is 12.9. The predicted molar refractivity (Wildman–Crippen MR) is 130 cm³/mol. The second-order valence-electron chi connectivity index (χ2n) is 7.18. The Bertz CT molecular complexity index is 1050. The minimum absolute atomic E-state index is 0.186. The molecular formula is C24H25BrN4O2. The number of carbonyl (C=O) groups excluding carboxylic acids is 2. The summed E-state index contributed by atoms with van der Waals surface area (Å²) >= 11 is 3.41. The first kappa shape index (κ1) is 22.4. The predicted octanol–water partition coefficient (Wildman–Crippen LogP) is 5.13. The summed E-state index contributed by atoms with van der Waals surface area (Å²) in [4.78, 5) is 27.1. The summed E-state index contributed by atoms with van der Waals surface area (Å²) in [6.45, 7) is 0.524. The molecule has 0 saturated carbocycles. The molecule has 3 aromatic carbocycles. The van der Waals surface area contributed by atoms with Crippen LogP contribution in [-0.2, 0) is 6.42 Å². The summed E-state index contributed by atoms with van der Waals surface area (Å²) in [6.07, 6.45) is 0.746. The Hall–Kier alpha value is -3.32. The molecule has 0 aliphatic carbocycles. The lowest BCUT2D eigenvalue weighted by Gasteiger charge is -2.19. The molecule has 0 radical (unpaired) electrons. The maximum Gasteiger partial charge on any atom is 0.323 e. The van der Waals surface area contributed by atoms with Crippen LogP contribution in [0, 0.1) is 0 Å². The van der Waals surface area contributed by atoms with Crippen molar-refractivity contribution in [3.63, 3.8) is 0 Å². The van der Waals surface area contributed by atoms with Gasteiger partial charge in [-0.05, 0) is 58.2 Å². The summed E-state index contributed by atoms with van der Waals surface area (Å²) in [6, 6.07) is 22.2. The fourth-order valence-corrected chi connectivity index (χ4v) is 3.48. The van der Waals surface area contributed by atoms with E-state index in [0.29, 0.717) is 23.5 Å². The lowest BCUT2D eigenvalue weighted by atomic mass is 10.1. The summed E-state index contributed by atoms with van der Waals surface area (Å²) < 4.78 is 0.784. The van der Waals surface area contributed by atoms with Gasteiger partial charge in [-0.2, -0.15) is 0 Å². The fraction of sp³-hybridized carbons (Fsp3) is 0.167. The number of benzene rings is 3. The van der Waals surface area contributed by atoms with E-state index in [0.717, 1.165) is 22.1 Å². The molecule has 3 aromatic rings. The first-order valence-corrected chi connectivity index (χ1v) is 10.7.